The van der Waals surface area contributed by atoms with Crippen LogP contribution in [0.4, 0.5) is 0 Å². The molecule has 1 aliphatic carbocycles. The topological polar surface area (TPSA) is 12.0 Å². The molecule has 1 N–H and O–H groups in total. The summed E-state index contributed by atoms with van der Waals surface area (Å²) < 4.78 is 0. The minimum absolute atomic E-state index is 0.493. The molecule has 3 rings (SSSR count). The minimum Gasteiger partial charge on any atom is -0.312 e. The SMILES string of the molecule is CCC1SCCSC1C(NC)c1cccc(C2CCC2)c1. The lowest BCUT2D eigenvalue weighted by Crippen LogP contribution is -2.37. The van der Waals surface area contributed by atoms with E-state index in [0.717, 1.165) is 11.2 Å². The standard InChI is InChI=1S/C18H27NS2/c1-3-16-18(21-11-10-20-16)17(19-2)15-9-5-8-14(12-15)13-6-4-7-13/h5,8-9,12-13,16-19H,3-4,6-7,10-11H2,1-2H3. The van der Waals surface area contributed by atoms with Gasteiger partial charge in [-0.15, -0.1) is 0 Å². The van der Waals surface area contributed by atoms with E-state index in [-0.39, 0.29) is 0 Å². The fourth-order valence-electron chi connectivity index (χ4n) is 3.52. The Morgan fingerprint density at radius 3 is 2.71 bits per heavy atom. The Morgan fingerprint density at radius 2 is 2.05 bits per heavy atom. The Hall–Kier alpha value is -0.120. The summed E-state index contributed by atoms with van der Waals surface area (Å²) in [5.74, 6) is 3.45. The second-order valence-electron chi connectivity index (χ2n) is 6.22. The van der Waals surface area contributed by atoms with Gasteiger partial charge in [-0.1, -0.05) is 37.6 Å². The largest absolute Gasteiger partial charge is 0.312 e. The highest BCUT2D eigenvalue weighted by Gasteiger charge is 2.32. The van der Waals surface area contributed by atoms with Crippen molar-refractivity contribution in [2.45, 2.75) is 55.1 Å². The van der Waals surface area contributed by atoms with Crippen molar-refractivity contribution < 1.29 is 0 Å². The molecule has 1 saturated heterocycles. The molecule has 3 atom stereocenters. The van der Waals surface area contributed by atoms with Crippen LogP contribution in [0.3, 0.4) is 0 Å². The first-order valence-corrected chi connectivity index (χ1v) is 10.4. The Labute approximate surface area is 138 Å². The third-order valence-electron chi connectivity index (χ3n) is 4.98. The molecule has 1 aliphatic heterocycles. The van der Waals surface area contributed by atoms with E-state index < -0.39 is 0 Å². The normalized spacial score (nSPS) is 28.1. The summed E-state index contributed by atoms with van der Waals surface area (Å²) >= 11 is 4.35. The highest BCUT2D eigenvalue weighted by Crippen LogP contribution is 2.42. The summed E-state index contributed by atoms with van der Waals surface area (Å²) in [6.45, 7) is 2.34. The predicted molar refractivity (Wildman–Crippen MR) is 97.6 cm³/mol. The van der Waals surface area contributed by atoms with E-state index in [1.54, 1.807) is 5.56 Å². The van der Waals surface area contributed by atoms with Crippen LogP contribution >= 0.6 is 23.5 Å². The average molecular weight is 322 g/mol. The Bertz CT molecular complexity index is 458. The molecular weight excluding hydrogens is 294 g/mol. The quantitative estimate of drug-likeness (QED) is 0.833. The van der Waals surface area contributed by atoms with Crippen molar-refractivity contribution in [1.82, 2.24) is 5.32 Å². The average Bonchev–Trinajstić information content (AvgIpc) is 2.47. The van der Waals surface area contributed by atoms with Gasteiger partial charge in [-0.3, -0.25) is 0 Å². The molecule has 0 amide bonds. The van der Waals surface area contributed by atoms with E-state index in [1.807, 2.05) is 0 Å². The van der Waals surface area contributed by atoms with Crippen LogP contribution in [0.5, 0.6) is 0 Å². The van der Waals surface area contributed by atoms with Gasteiger partial charge in [0.05, 0.1) is 0 Å². The van der Waals surface area contributed by atoms with E-state index in [9.17, 15) is 0 Å². The van der Waals surface area contributed by atoms with Gasteiger partial charge in [0.2, 0.25) is 0 Å². The van der Waals surface area contributed by atoms with Crippen LogP contribution in [0.2, 0.25) is 0 Å². The lowest BCUT2D eigenvalue weighted by atomic mass is 9.79. The van der Waals surface area contributed by atoms with Gasteiger partial charge in [0.25, 0.3) is 0 Å². The molecule has 2 fully saturated rings. The van der Waals surface area contributed by atoms with Crippen molar-refractivity contribution in [3.8, 4) is 0 Å². The molecule has 1 heterocycles. The van der Waals surface area contributed by atoms with Crippen molar-refractivity contribution in [3.63, 3.8) is 0 Å². The highest BCUT2D eigenvalue weighted by atomic mass is 32.2. The van der Waals surface area contributed by atoms with Gasteiger partial charge >= 0.3 is 0 Å². The molecule has 3 unspecified atom stereocenters. The Balaban J connectivity index is 1.81. The van der Waals surface area contributed by atoms with E-state index >= 15 is 0 Å². The summed E-state index contributed by atoms with van der Waals surface area (Å²) in [4.78, 5) is 0. The first-order chi connectivity index (χ1) is 10.3. The number of benzene rings is 1. The monoisotopic (exact) mass is 321 g/mol. The summed E-state index contributed by atoms with van der Waals surface area (Å²) in [5.41, 5.74) is 3.07. The molecule has 0 aromatic heterocycles. The van der Waals surface area contributed by atoms with Crippen LogP contribution in [-0.2, 0) is 0 Å². The van der Waals surface area contributed by atoms with Gasteiger partial charge in [0.1, 0.15) is 0 Å². The van der Waals surface area contributed by atoms with E-state index in [1.165, 1.54) is 42.8 Å². The van der Waals surface area contributed by atoms with Crippen molar-refractivity contribution in [3.05, 3.63) is 35.4 Å². The lowest BCUT2D eigenvalue weighted by Gasteiger charge is -2.36. The summed E-state index contributed by atoms with van der Waals surface area (Å²) in [6, 6.07) is 9.91. The maximum Gasteiger partial charge on any atom is 0.0449 e. The molecule has 2 aliphatic rings. The number of nitrogens with one attached hydrogen (secondary N) is 1. The van der Waals surface area contributed by atoms with Crippen LogP contribution < -0.4 is 5.32 Å². The summed E-state index contributed by atoms with van der Waals surface area (Å²) in [7, 11) is 2.13. The molecular formula is C18H27NS2. The van der Waals surface area contributed by atoms with Crippen LogP contribution in [0.1, 0.15) is 55.7 Å². The highest BCUT2D eigenvalue weighted by molar-refractivity contribution is 8.07. The van der Waals surface area contributed by atoms with Gasteiger partial charge in [-0.05, 0) is 43.4 Å². The van der Waals surface area contributed by atoms with Gasteiger partial charge in [0.15, 0.2) is 0 Å². The number of hydrogen-bond acceptors (Lipinski definition) is 3. The predicted octanol–water partition coefficient (Wildman–Crippen LogP) is 4.84. The van der Waals surface area contributed by atoms with E-state index in [4.69, 9.17) is 0 Å². The summed E-state index contributed by atoms with van der Waals surface area (Å²) in [5, 5.41) is 5.11. The van der Waals surface area contributed by atoms with Crippen LogP contribution in [0.15, 0.2) is 24.3 Å². The van der Waals surface area contributed by atoms with Gasteiger partial charge in [-0.25, -0.2) is 0 Å². The van der Waals surface area contributed by atoms with Crippen molar-refractivity contribution in [2.75, 3.05) is 18.6 Å². The fourth-order valence-corrected chi connectivity index (χ4v) is 6.81. The molecule has 116 valence electrons. The van der Waals surface area contributed by atoms with Crippen LogP contribution in [0.25, 0.3) is 0 Å². The zero-order chi connectivity index (χ0) is 14.7. The molecule has 21 heavy (non-hydrogen) atoms. The zero-order valence-corrected chi connectivity index (χ0v) is 14.8. The number of hydrogen-bond donors (Lipinski definition) is 1. The first-order valence-electron chi connectivity index (χ1n) is 8.33. The second kappa shape index (κ2) is 7.43. The van der Waals surface area contributed by atoms with Gasteiger partial charge < -0.3 is 5.32 Å². The molecule has 3 heteroatoms. The lowest BCUT2D eigenvalue weighted by molar-refractivity contribution is 0.419. The maximum absolute atomic E-state index is 3.62. The number of rotatable bonds is 5. The summed E-state index contributed by atoms with van der Waals surface area (Å²) in [6.07, 6.45) is 5.47. The third-order valence-corrected chi connectivity index (χ3v) is 8.33. The van der Waals surface area contributed by atoms with Crippen molar-refractivity contribution >= 4 is 23.5 Å². The molecule has 0 bridgehead atoms. The Kier molecular flexibility index (Phi) is 5.58. The van der Waals surface area contributed by atoms with Crippen LogP contribution in [-0.4, -0.2) is 29.1 Å². The first kappa shape index (κ1) is 15.8. The second-order valence-corrected chi connectivity index (χ2v) is 8.85. The molecule has 1 aromatic rings. The van der Waals surface area contributed by atoms with Gasteiger partial charge in [-0.2, -0.15) is 23.5 Å². The molecule has 0 radical (unpaired) electrons. The van der Waals surface area contributed by atoms with Crippen molar-refractivity contribution in [2.24, 2.45) is 0 Å². The van der Waals surface area contributed by atoms with E-state index in [2.05, 4.69) is 67.1 Å². The molecule has 1 aromatic carbocycles. The van der Waals surface area contributed by atoms with E-state index in [0.29, 0.717) is 11.3 Å². The minimum atomic E-state index is 0.493. The zero-order valence-electron chi connectivity index (χ0n) is 13.2. The van der Waals surface area contributed by atoms with Gasteiger partial charge in [0, 0.05) is 28.0 Å². The van der Waals surface area contributed by atoms with Crippen molar-refractivity contribution in [1.29, 1.82) is 0 Å². The van der Waals surface area contributed by atoms with Crippen LogP contribution in [0, 0.1) is 0 Å². The fraction of sp³-hybridized carbons (Fsp3) is 0.667. The number of thioether (sulfide) groups is 2. The molecule has 1 nitrogen and oxygen atoms in total. The third kappa shape index (κ3) is 3.46. The maximum atomic E-state index is 3.62. The smallest absolute Gasteiger partial charge is 0.0449 e. The molecule has 1 saturated carbocycles. The Morgan fingerprint density at radius 1 is 1.24 bits per heavy atom. The molecule has 0 spiro atoms.